The van der Waals surface area contributed by atoms with Crippen molar-refractivity contribution in [2.45, 2.75) is 96.9 Å². The van der Waals surface area contributed by atoms with Gasteiger partial charge in [-0.15, -0.1) is 0 Å². The monoisotopic (exact) mass is 408 g/mol. The van der Waals surface area contributed by atoms with Crippen molar-refractivity contribution in [3.63, 3.8) is 0 Å². The summed E-state index contributed by atoms with van der Waals surface area (Å²) in [5.74, 6) is 0.997. The zero-order valence-corrected chi connectivity index (χ0v) is 18.3. The predicted octanol–water partition coefficient (Wildman–Crippen LogP) is 3.45. The van der Waals surface area contributed by atoms with Gasteiger partial charge in [0.1, 0.15) is 0 Å². The van der Waals surface area contributed by atoms with Gasteiger partial charge in [0, 0.05) is 6.42 Å². The number of hydrogen-bond donors (Lipinski definition) is 4. The molecule has 0 amide bonds. The van der Waals surface area contributed by atoms with Gasteiger partial charge < -0.3 is 20.4 Å². The Balaban J connectivity index is 1.61. The summed E-state index contributed by atoms with van der Waals surface area (Å²) in [6.45, 7) is 6.72. The summed E-state index contributed by atoms with van der Waals surface area (Å²) in [4.78, 5) is 11.1. The molecular weight excluding hydrogens is 368 g/mol. The van der Waals surface area contributed by atoms with Crippen molar-refractivity contribution in [1.82, 2.24) is 0 Å². The van der Waals surface area contributed by atoms with Gasteiger partial charge in [0.15, 0.2) is 0 Å². The highest BCUT2D eigenvalue weighted by Crippen LogP contribution is 2.68. The third-order valence-electron chi connectivity index (χ3n) is 10.3. The van der Waals surface area contributed by atoms with Crippen molar-refractivity contribution >= 4 is 5.97 Å². The largest absolute Gasteiger partial charge is 0.481 e. The van der Waals surface area contributed by atoms with Crippen LogP contribution >= 0.6 is 0 Å². The maximum absolute atomic E-state index is 11.5. The molecule has 4 aliphatic rings. The molecule has 0 saturated heterocycles. The van der Waals surface area contributed by atoms with Crippen LogP contribution in [0.5, 0.6) is 0 Å². The summed E-state index contributed by atoms with van der Waals surface area (Å²) in [5.41, 5.74) is -0.143. The van der Waals surface area contributed by atoms with E-state index < -0.39 is 12.1 Å². The zero-order chi connectivity index (χ0) is 21.1. The van der Waals surface area contributed by atoms with Crippen LogP contribution in [-0.4, -0.2) is 44.7 Å². The SMILES string of the molecule is C[C@H](CCC(=O)O)C1CC[C@H]2C3[C@H](O)CC4C[C@H](O)CCC4(C)[C@H]3C[C@H](O)[C@@]12C. The maximum Gasteiger partial charge on any atom is 0.303 e. The van der Waals surface area contributed by atoms with E-state index in [9.17, 15) is 20.1 Å². The molecule has 0 aromatic rings. The first-order valence-electron chi connectivity index (χ1n) is 11.8. The van der Waals surface area contributed by atoms with Crippen LogP contribution in [-0.2, 0) is 4.79 Å². The third kappa shape index (κ3) is 3.27. The van der Waals surface area contributed by atoms with Crippen molar-refractivity contribution in [2.75, 3.05) is 0 Å². The highest BCUT2D eigenvalue weighted by molar-refractivity contribution is 5.66. The van der Waals surface area contributed by atoms with Crippen LogP contribution in [0.4, 0.5) is 0 Å². The lowest BCUT2D eigenvalue weighted by molar-refractivity contribution is -0.207. The van der Waals surface area contributed by atoms with Crippen LogP contribution < -0.4 is 0 Å². The minimum absolute atomic E-state index is 0.0957. The van der Waals surface area contributed by atoms with E-state index in [0.29, 0.717) is 30.1 Å². The first kappa shape index (κ1) is 21.6. The molecule has 0 aromatic heterocycles. The Morgan fingerprint density at radius 3 is 2.45 bits per heavy atom. The molecule has 0 aliphatic heterocycles. The summed E-state index contributed by atoms with van der Waals surface area (Å²) in [6, 6.07) is 0. The van der Waals surface area contributed by atoms with E-state index in [0.717, 1.165) is 44.9 Å². The molecule has 4 rings (SSSR count). The fraction of sp³-hybridized carbons (Fsp3) is 0.958. The van der Waals surface area contributed by atoms with Gasteiger partial charge in [-0.2, -0.15) is 0 Å². The summed E-state index contributed by atoms with van der Waals surface area (Å²) in [6.07, 6.45) is 6.00. The van der Waals surface area contributed by atoms with E-state index in [1.165, 1.54) is 0 Å². The molecule has 0 bridgehead atoms. The Labute approximate surface area is 174 Å². The van der Waals surface area contributed by atoms with E-state index in [2.05, 4.69) is 20.8 Å². The summed E-state index contributed by atoms with van der Waals surface area (Å²) < 4.78 is 0. The molecule has 5 nitrogen and oxygen atoms in total. The van der Waals surface area contributed by atoms with Crippen LogP contribution in [0.15, 0.2) is 0 Å². The molecule has 4 unspecified atom stereocenters. The van der Waals surface area contributed by atoms with Gasteiger partial charge in [0.05, 0.1) is 18.3 Å². The topological polar surface area (TPSA) is 98.0 Å². The second kappa shape index (κ2) is 7.49. The van der Waals surface area contributed by atoms with Crippen molar-refractivity contribution in [3.8, 4) is 0 Å². The molecule has 4 saturated carbocycles. The molecule has 166 valence electrons. The van der Waals surface area contributed by atoms with Crippen molar-refractivity contribution < 1.29 is 25.2 Å². The van der Waals surface area contributed by atoms with Gasteiger partial charge in [-0.1, -0.05) is 20.8 Å². The van der Waals surface area contributed by atoms with Crippen LogP contribution in [0.1, 0.15) is 78.6 Å². The molecular formula is C24H40O5. The van der Waals surface area contributed by atoms with Crippen molar-refractivity contribution in [1.29, 1.82) is 0 Å². The molecule has 0 heterocycles. The lowest BCUT2D eigenvalue weighted by atomic mass is 9.43. The highest BCUT2D eigenvalue weighted by Gasteiger charge is 2.65. The van der Waals surface area contributed by atoms with Gasteiger partial charge in [0.2, 0.25) is 0 Å². The quantitative estimate of drug-likeness (QED) is 0.571. The minimum Gasteiger partial charge on any atom is -0.481 e. The number of aliphatic carboxylic acids is 1. The first-order valence-corrected chi connectivity index (χ1v) is 11.8. The first-order chi connectivity index (χ1) is 13.6. The number of hydrogen-bond acceptors (Lipinski definition) is 4. The standard InChI is InChI=1S/C24H40O5/c1-13(4-7-21(28)29)16-5-6-17-22-18(12-20(27)24(16,17)3)23(2)9-8-15(25)10-14(23)11-19(22)26/h13-20,22,25-27H,4-12H2,1-3H3,(H,28,29)/t13-,14?,15-,16?,17+,18+,19-,20+,22?,23?,24+/m1/s1. The van der Waals surface area contributed by atoms with Crippen LogP contribution in [0, 0.1) is 46.3 Å². The number of carboxylic acids is 1. The van der Waals surface area contributed by atoms with Gasteiger partial charge in [0.25, 0.3) is 0 Å². The van der Waals surface area contributed by atoms with Crippen molar-refractivity contribution in [2.24, 2.45) is 46.3 Å². The molecule has 4 fully saturated rings. The number of carboxylic acid groups (broad SMARTS) is 1. The Kier molecular flexibility index (Phi) is 5.57. The third-order valence-corrected chi connectivity index (χ3v) is 10.3. The zero-order valence-electron chi connectivity index (χ0n) is 18.3. The number of aliphatic hydroxyl groups excluding tert-OH is 3. The fourth-order valence-corrected chi connectivity index (χ4v) is 8.68. The Bertz CT molecular complexity index is 637. The summed E-state index contributed by atoms with van der Waals surface area (Å²) in [5, 5.41) is 42.0. The molecule has 11 atom stereocenters. The maximum atomic E-state index is 11.5. The number of aliphatic hydroxyl groups is 3. The van der Waals surface area contributed by atoms with Crippen LogP contribution in [0.2, 0.25) is 0 Å². The predicted molar refractivity (Wildman–Crippen MR) is 110 cm³/mol. The molecule has 0 spiro atoms. The summed E-state index contributed by atoms with van der Waals surface area (Å²) in [7, 11) is 0. The lowest BCUT2D eigenvalue weighted by Crippen LogP contribution is -2.62. The fourth-order valence-electron chi connectivity index (χ4n) is 8.68. The van der Waals surface area contributed by atoms with E-state index in [1.807, 2.05) is 0 Å². The van der Waals surface area contributed by atoms with Gasteiger partial charge in [-0.05, 0) is 97.7 Å². The molecule has 0 radical (unpaired) electrons. The minimum atomic E-state index is -0.748. The Morgan fingerprint density at radius 1 is 1.03 bits per heavy atom. The number of carbonyl (C=O) groups is 1. The lowest BCUT2D eigenvalue weighted by Gasteiger charge is -2.63. The molecule has 0 aromatic carbocycles. The van der Waals surface area contributed by atoms with Crippen LogP contribution in [0.25, 0.3) is 0 Å². The van der Waals surface area contributed by atoms with E-state index in [-0.39, 0.29) is 41.3 Å². The average Bonchev–Trinajstić information content (AvgIpc) is 3.01. The Morgan fingerprint density at radius 2 is 1.76 bits per heavy atom. The van der Waals surface area contributed by atoms with E-state index in [1.54, 1.807) is 0 Å². The van der Waals surface area contributed by atoms with Gasteiger partial charge >= 0.3 is 5.97 Å². The molecule has 4 aliphatic carbocycles. The summed E-state index contributed by atoms with van der Waals surface area (Å²) >= 11 is 0. The molecule has 29 heavy (non-hydrogen) atoms. The average molecular weight is 409 g/mol. The second-order valence-electron chi connectivity index (χ2n) is 11.4. The molecule has 4 N–H and O–H groups in total. The second-order valence-corrected chi connectivity index (χ2v) is 11.4. The number of fused-ring (bicyclic) bond motifs is 5. The van der Waals surface area contributed by atoms with Gasteiger partial charge in [-0.3, -0.25) is 4.79 Å². The highest BCUT2D eigenvalue weighted by atomic mass is 16.4. The molecule has 5 heteroatoms. The smallest absolute Gasteiger partial charge is 0.303 e. The van der Waals surface area contributed by atoms with Gasteiger partial charge in [-0.25, -0.2) is 0 Å². The van der Waals surface area contributed by atoms with Crippen LogP contribution in [0.3, 0.4) is 0 Å². The number of rotatable bonds is 4. The van der Waals surface area contributed by atoms with E-state index >= 15 is 0 Å². The normalized spacial score (nSPS) is 52.9. The Hall–Kier alpha value is -0.650. The van der Waals surface area contributed by atoms with E-state index in [4.69, 9.17) is 5.11 Å². The van der Waals surface area contributed by atoms with Crippen molar-refractivity contribution in [3.05, 3.63) is 0 Å².